The molecule has 0 atom stereocenters. The van der Waals surface area contributed by atoms with Crippen LogP contribution in [0.2, 0.25) is 0 Å². The molecule has 21 heavy (non-hydrogen) atoms. The predicted molar refractivity (Wildman–Crippen MR) is 85.7 cm³/mol. The molecule has 1 aromatic carbocycles. The highest BCUT2D eigenvalue weighted by Gasteiger charge is 2.29. The quantitative estimate of drug-likeness (QED) is 0.799. The van der Waals surface area contributed by atoms with E-state index in [1.54, 1.807) is 12.1 Å². The summed E-state index contributed by atoms with van der Waals surface area (Å²) in [5.41, 5.74) is 6.02. The van der Waals surface area contributed by atoms with Gasteiger partial charge in [0.1, 0.15) is 4.99 Å². The van der Waals surface area contributed by atoms with Crippen LogP contribution in [0.15, 0.2) is 29.2 Å². The molecule has 1 aliphatic heterocycles. The van der Waals surface area contributed by atoms with Gasteiger partial charge in [-0.05, 0) is 30.4 Å². The summed E-state index contributed by atoms with van der Waals surface area (Å²) in [6.07, 6.45) is 1.70. The molecule has 0 bridgehead atoms. The summed E-state index contributed by atoms with van der Waals surface area (Å²) in [5, 5.41) is 0. The molecule has 0 radical (unpaired) electrons. The minimum atomic E-state index is -3.56. The fourth-order valence-electron chi connectivity index (χ4n) is 2.21. The Bertz CT molecular complexity index is 623. The number of rotatable bonds is 5. The summed E-state index contributed by atoms with van der Waals surface area (Å²) in [6.45, 7) is 3.82. The first-order valence-corrected chi connectivity index (χ1v) is 8.69. The number of thiocarbonyl (C=S) groups is 1. The van der Waals surface area contributed by atoms with E-state index >= 15 is 0 Å². The molecule has 0 aliphatic carbocycles. The molecule has 1 aliphatic rings. The van der Waals surface area contributed by atoms with Gasteiger partial charge >= 0.3 is 0 Å². The zero-order valence-corrected chi connectivity index (χ0v) is 13.6. The van der Waals surface area contributed by atoms with E-state index in [0.29, 0.717) is 25.3 Å². The Morgan fingerprint density at radius 2 is 2.10 bits per heavy atom. The Kier molecular flexibility index (Phi) is 4.98. The summed E-state index contributed by atoms with van der Waals surface area (Å²) >= 11 is 4.88. The number of benzene rings is 1. The van der Waals surface area contributed by atoms with Crippen molar-refractivity contribution in [2.24, 2.45) is 11.1 Å². The predicted octanol–water partition coefficient (Wildman–Crippen LogP) is 1.42. The van der Waals surface area contributed by atoms with Crippen molar-refractivity contribution in [2.75, 3.05) is 19.8 Å². The fraction of sp³-hybridized carbons (Fsp3) is 0.500. The van der Waals surface area contributed by atoms with Gasteiger partial charge in [0.15, 0.2) is 0 Å². The number of nitrogens with two attached hydrogens (primary N) is 1. The monoisotopic (exact) mass is 328 g/mol. The number of hydrogen-bond donors (Lipinski definition) is 2. The highest BCUT2D eigenvalue weighted by Crippen LogP contribution is 2.29. The second-order valence-electron chi connectivity index (χ2n) is 5.64. The smallest absolute Gasteiger partial charge is 0.240 e. The lowest BCUT2D eigenvalue weighted by Gasteiger charge is -2.33. The van der Waals surface area contributed by atoms with E-state index in [9.17, 15) is 8.42 Å². The van der Waals surface area contributed by atoms with Crippen molar-refractivity contribution < 1.29 is 13.2 Å². The van der Waals surface area contributed by atoms with E-state index in [2.05, 4.69) is 11.6 Å². The van der Waals surface area contributed by atoms with E-state index in [4.69, 9.17) is 22.7 Å². The van der Waals surface area contributed by atoms with Crippen LogP contribution in [0.4, 0.5) is 0 Å². The Balaban J connectivity index is 2.11. The summed E-state index contributed by atoms with van der Waals surface area (Å²) < 4.78 is 32.7. The zero-order valence-electron chi connectivity index (χ0n) is 12.0. The third kappa shape index (κ3) is 4.23. The minimum Gasteiger partial charge on any atom is -0.389 e. The first kappa shape index (κ1) is 16.4. The van der Waals surface area contributed by atoms with Crippen LogP contribution in [0.1, 0.15) is 25.3 Å². The molecule has 1 fully saturated rings. The molecule has 0 unspecified atom stereocenters. The lowest BCUT2D eigenvalue weighted by atomic mass is 9.83. The zero-order chi connectivity index (χ0) is 15.5. The summed E-state index contributed by atoms with van der Waals surface area (Å²) in [4.78, 5) is 0.368. The Hall–Kier alpha value is -1.02. The molecular weight excluding hydrogens is 308 g/mol. The SMILES string of the molecule is CC1(CNS(=O)(=O)c2cccc(C(N)=S)c2)CCOCC1. The summed E-state index contributed by atoms with van der Waals surface area (Å²) in [7, 11) is -3.56. The van der Waals surface area contributed by atoms with Gasteiger partial charge in [0.25, 0.3) is 0 Å². The molecule has 7 heteroatoms. The van der Waals surface area contributed by atoms with Crippen molar-refractivity contribution in [1.29, 1.82) is 0 Å². The summed E-state index contributed by atoms with van der Waals surface area (Å²) in [6, 6.07) is 6.37. The molecule has 0 aromatic heterocycles. The van der Waals surface area contributed by atoms with Crippen LogP contribution in [-0.4, -0.2) is 33.2 Å². The highest BCUT2D eigenvalue weighted by atomic mass is 32.2. The van der Waals surface area contributed by atoms with Crippen molar-refractivity contribution in [3.63, 3.8) is 0 Å². The van der Waals surface area contributed by atoms with Crippen molar-refractivity contribution in [2.45, 2.75) is 24.7 Å². The molecule has 3 N–H and O–H groups in total. The van der Waals surface area contributed by atoms with Gasteiger partial charge < -0.3 is 10.5 Å². The van der Waals surface area contributed by atoms with Gasteiger partial charge in [-0.25, -0.2) is 13.1 Å². The van der Waals surface area contributed by atoms with Crippen molar-refractivity contribution in [1.82, 2.24) is 4.72 Å². The van der Waals surface area contributed by atoms with Gasteiger partial charge in [0.05, 0.1) is 4.90 Å². The number of hydrogen-bond acceptors (Lipinski definition) is 4. The van der Waals surface area contributed by atoms with Crippen LogP contribution < -0.4 is 10.5 Å². The maximum absolute atomic E-state index is 12.4. The average Bonchev–Trinajstić information content (AvgIpc) is 2.46. The molecule has 1 heterocycles. The largest absolute Gasteiger partial charge is 0.389 e. The lowest BCUT2D eigenvalue weighted by molar-refractivity contribution is 0.0265. The Morgan fingerprint density at radius 3 is 2.71 bits per heavy atom. The van der Waals surface area contributed by atoms with Crippen LogP contribution in [0.3, 0.4) is 0 Å². The molecule has 0 saturated carbocycles. The molecule has 0 spiro atoms. The van der Waals surface area contributed by atoms with Gasteiger partial charge in [-0.3, -0.25) is 0 Å². The van der Waals surface area contributed by atoms with Gasteiger partial charge in [-0.15, -0.1) is 0 Å². The minimum absolute atomic E-state index is 0.0634. The van der Waals surface area contributed by atoms with Crippen molar-refractivity contribution in [3.8, 4) is 0 Å². The lowest BCUT2D eigenvalue weighted by Crippen LogP contribution is -2.39. The van der Waals surface area contributed by atoms with Crippen molar-refractivity contribution >= 4 is 27.2 Å². The maximum Gasteiger partial charge on any atom is 0.240 e. The van der Waals surface area contributed by atoms with E-state index in [0.717, 1.165) is 12.8 Å². The van der Waals surface area contributed by atoms with E-state index in [1.807, 2.05) is 0 Å². The van der Waals surface area contributed by atoms with E-state index in [-0.39, 0.29) is 15.3 Å². The van der Waals surface area contributed by atoms with Crippen LogP contribution in [0.5, 0.6) is 0 Å². The maximum atomic E-state index is 12.4. The fourth-order valence-corrected chi connectivity index (χ4v) is 3.58. The molecular formula is C14H20N2O3S2. The van der Waals surface area contributed by atoms with Crippen molar-refractivity contribution in [3.05, 3.63) is 29.8 Å². The second kappa shape index (κ2) is 6.39. The second-order valence-corrected chi connectivity index (χ2v) is 7.85. The first-order chi connectivity index (χ1) is 9.82. The van der Waals surface area contributed by atoms with Gasteiger partial charge in [-0.1, -0.05) is 31.3 Å². The van der Waals surface area contributed by atoms with E-state index in [1.165, 1.54) is 12.1 Å². The number of nitrogens with one attached hydrogen (secondary N) is 1. The third-order valence-electron chi connectivity index (χ3n) is 3.82. The molecule has 1 saturated heterocycles. The van der Waals surface area contributed by atoms with Crippen LogP contribution in [0.25, 0.3) is 0 Å². The van der Waals surface area contributed by atoms with Gasteiger partial charge in [0, 0.05) is 25.3 Å². The number of sulfonamides is 1. The molecule has 0 amide bonds. The molecule has 2 rings (SSSR count). The third-order valence-corrected chi connectivity index (χ3v) is 5.45. The van der Waals surface area contributed by atoms with Gasteiger partial charge in [0.2, 0.25) is 10.0 Å². The van der Waals surface area contributed by atoms with E-state index < -0.39 is 10.0 Å². The van der Waals surface area contributed by atoms with Crippen LogP contribution in [-0.2, 0) is 14.8 Å². The summed E-state index contributed by atoms with van der Waals surface area (Å²) in [5.74, 6) is 0. The topological polar surface area (TPSA) is 81.4 Å². The standard InChI is InChI=1S/C14H20N2O3S2/c1-14(5-7-19-8-6-14)10-16-21(17,18)12-4-2-3-11(9-12)13(15)20/h2-4,9,16H,5-8,10H2,1H3,(H2,15,20). The average molecular weight is 328 g/mol. The van der Waals surface area contributed by atoms with Crippen LogP contribution >= 0.6 is 12.2 Å². The molecule has 116 valence electrons. The normalized spacial score (nSPS) is 18.3. The number of ether oxygens (including phenoxy) is 1. The first-order valence-electron chi connectivity index (χ1n) is 6.80. The Morgan fingerprint density at radius 1 is 1.43 bits per heavy atom. The Labute approximate surface area is 130 Å². The highest BCUT2D eigenvalue weighted by molar-refractivity contribution is 7.89. The molecule has 5 nitrogen and oxygen atoms in total. The molecule has 1 aromatic rings. The van der Waals surface area contributed by atoms with Crippen LogP contribution in [0, 0.1) is 5.41 Å². The van der Waals surface area contributed by atoms with Gasteiger partial charge in [-0.2, -0.15) is 0 Å².